The fraction of sp³-hybridized carbons (Fsp3) is 0.533. The lowest BCUT2D eigenvalue weighted by Gasteiger charge is -2.09. The van der Waals surface area contributed by atoms with Gasteiger partial charge in [0.15, 0.2) is 0 Å². The number of aryl methyl sites for hydroxylation is 1. The van der Waals surface area contributed by atoms with Gasteiger partial charge in [0.2, 0.25) is 0 Å². The molecule has 19 heavy (non-hydrogen) atoms. The number of nitrogens with one attached hydrogen (secondary N) is 2. The Hall–Kier alpha value is -1.16. The smallest absolute Gasteiger partial charge is 0.251 e. The normalized spacial score (nSPS) is 10.3. The summed E-state index contributed by atoms with van der Waals surface area (Å²) in [5.74, 6) is 1.24. The van der Waals surface area contributed by atoms with Crippen molar-refractivity contribution in [3.63, 3.8) is 0 Å². The number of hydrogen-bond acceptors (Lipinski definition) is 3. The second-order valence-corrected chi connectivity index (χ2v) is 5.57. The lowest BCUT2D eigenvalue weighted by atomic mass is 10.1. The van der Waals surface area contributed by atoms with E-state index in [-0.39, 0.29) is 5.91 Å². The number of carbonyl (C=O) groups is 1. The summed E-state index contributed by atoms with van der Waals surface area (Å²) in [4.78, 5) is 12.0. The van der Waals surface area contributed by atoms with E-state index in [0.29, 0.717) is 0 Å². The van der Waals surface area contributed by atoms with E-state index in [1.54, 1.807) is 0 Å². The molecule has 0 bridgehead atoms. The highest BCUT2D eigenvalue weighted by Gasteiger charge is 2.08. The highest BCUT2D eigenvalue weighted by atomic mass is 32.2. The Morgan fingerprint density at radius 3 is 2.68 bits per heavy atom. The molecule has 0 aliphatic heterocycles. The Kier molecular flexibility index (Phi) is 7.41. The molecule has 2 N–H and O–H groups in total. The van der Waals surface area contributed by atoms with Crippen molar-refractivity contribution in [2.75, 3.05) is 30.9 Å². The predicted octanol–water partition coefficient (Wildman–Crippen LogP) is 3.30. The molecule has 1 aromatic carbocycles. The molecular weight excluding hydrogens is 256 g/mol. The Balaban J connectivity index is 2.37. The maximum absolute atomic E-state index is 12.0. The molecule has 0 aliphatic rings. The summed E-state index contributed by atoms with van der Waals surface area (Å²) in [6.45, 7) is 2.73. The predicted molar refractivity (Wildman–Crippen MR) is 85.3 cm³/mol. The Morgan fingerprint density at radius 2 is 2.05 bits per heavy atom. The van der Waals surface area contributed by atoms with Crippen LogP contribution >= 0.6 is 11.8 Å². The third-order valence-corrected chi connectivity index (χ3v) is 3.77. The Labute approximate surface area is 120 Å². The number of carbonyl (C=O) groups excluding carboxylic acids is 1. The van der Waals surface area contributed by atoms with Crippen LogP contribution in [0.2, 0.25) is 0 Å². The van der Waals surface area contributed by atoms with E-state index in [1.807, 2.05) is 43.9 Å². The van der Waals surface area contributed by atoms with Gasteiger partial charge >= 0.3 is 0 Å². The van der Waals surface area contributed by atoms with Crippen molar-refractivity contribution in [1.82, 2.24) is 5.32 Å². The molecule has 0 atom stereocenters. The average Bonchev–Trinajstić information content (AvgIpc) is 2.42. The highest BCUT2D eigenvalue weighted by Crippen LogP contribution is 2.14. The number of rotatable bonds is 8. The minimum absolute atomic E-state index is 0.0324. The molecule has 0 spiro atoms. The van der Waals surface area contributed by atoms with Crippen molar-refractivity contribution >= 4 is 23.4 Å². The fourth-order valence-corrected chi connectivity index (χ4v) is 2.41. The summed E-state index contributed by atoms with van der Waals surface area (Å²) >= 11 is 1.87. The number of hydrogen-bond donors (Lipinski definition) is 2. The topological polar surface area (TPSA) is 41.1 Å². The summed E-state index contributed by atoms with van der Waals surface area (Å²) in [6, 6.07) is 5.80. The first kappa shape index (κ1) is 15.9. The molecule has 0 heterocycles. The molecule has 1 amide bonds. The summed E-state index contributed by atoms with van der Waals surface area (Å²) in [5, 5.41) is 6.06. The van der Waals surface area contributed by atoms with Gasteiger partial charge in [0.05, 0.1) is 0 Å². The van der Waals surface area contributed by atoms with E-state index in [1.165, 1.54) is 18.6 Å². The van der Waals surface area contributed by atoms with Gasteiger partial charge in [0.1, 0.15) is 0 Å². The average molecular weight is 280 g/mol. The summed E-state index contributed by atoms with van der Waals surface area (Å²) < 4.78 is 0. The van der Waals surface area contributed by atoms with E-state index in [9.17, 15) is 4.79 Å². The molecule has 0 saturated heterocycles. The first-order valence-corrected chi connectivity index (χ1v) is 8.14. The molecule has 4 heteroatoms. The van der Waals surface area contributed by atoms with Crippen molar-refractivity contribution in [2.24, 2.45) is 0 Å². The van der Waals surface area contributed by atoms with Gasteiger partial charge in [-0.15, -0.1) is 0 Å². The number of thioether (sulfide) groups is 1. The van der Waals surface area contributed by atoms with Crippen LogP contribution in [0, 0.1) is 6.92 Å². The Bertz CT molecular complexity index is 407. The first-order chi connectivity index (χ1) is 9.19. The van der Waals surface area contributed by atoms with Gasteiger partial charge in [0, 0.05) is 24.8 Å². The number of unbranched alkanes of at least 4 members (excludes halogenated alkanes) is 2. The molecule has 0 fully saturated rings. The van der Waals surface area contributed by atoms with Crippen LogP contribution in [0.3, 0.4) is 0 Å². The summed E-state index contributed by atoms with van der Waals surface area (Å²) in [6.07, 6.45) is 5.59. The lowest BCUT2D eigenvalue weighted by molar-refractivity contribution is 0.0952. The van der Waals surface area contributed by atoms with E-state index in [4.69, 9.17) is 0 Å². The molecule has 1 rings (SSSR count). The minimum Gasteiger partial charge on any atom is -0.388 e. The van der Waals surface area contributed by atoms with Gasteiger partial charge in [-0.2, -0.15) is 11.8 Å². The molecule has 1 aromatic rings. The zero-order valence-electron chi connectivity index (χ0n) is 12.1. The molecule has 0 unspecified atom stereocenters. The molecule has 3 nitrogen and oxygen atoms in total. The van der Waals surface area contributed by atoms with Crippen LogP contribution in [0.5, 0.6) is 0 Å². The number of benzene rings is 1. The zero-order chi connectivity index (χ0) is 14.1. The van der Waals surface area contributed by atoms with Crippen LogP contribution in [0.25, 0.3) is 0 Å². The second kappa shape index (κ2) is 8.86. The maximum Gasteiger partial charge on any atom is 0.251 e. The third-order valence-electron chi connectivity index (χ3n) is 3.07. The third kappa shape index (κ3) is 5.55. The van der Waals surface area contributed by atoms with Crippen molar-refractivity contribution in [2.45, 2.75) is 26.2 Å². The van der Waals surface area contributed by atoms with Gasteiger partial charge < -0.3 is 10.6 Å². The Morgan fingerprint density at radius 1 is 1.26 bits per heavy atom. The monoisotopic (exact) mass is 280 g/mol. The summed E-state index contributed by atoms with van der Waals surface area (Å²) in [7, 11) is 1.88. The van der Waals surface area contributed by atoms with Crippen LogP contribution in [0.1, 0.15) is 35.2 Å². The largest absolute Gasteiger partial charge is 0.388 e. The lowest BCUT2D eigenvalue weighted by Crippen LogP contribution is -2.25. The van der Waals surface area contributed by atoms with Crippen molar-refractivity contribution < 1.29 is 4.79 Å². The number of amides is 1. The van der Waals surface area contributed by atoms with E-state index >= 15 is 0 Å². The quantitative estimate of drug-likeness (QED) is 0.718. The van der Waals surface area contributed by atoms with Crippen molar-refractivity contribution in [3.8, 4) is 0 Å². The SMILES string of the molecule is CNc1ccc(C(=O)NCCCCCSC)c(C)c1. The first-order valence-electron chi connectivity index (χ1n) is 6.74. The molecule has 0 aliphatic carbocycles. The molecule has 0 aromatic heterocycles. The van der Waals surface area contributed by atoms with Crippen LogP contribution in [-0.4, -0.2) is 31.5 Å². The standard InChI is InChI=1S/C15H24N2OS/c1-12-11-13(16-2)7-8-14(12)15(18)17-9-5-4-6-10-19-3/h7-8,11,16H,4-6,9-10H2,1-3H3,(H,17,18). The molecular formula is C15H24N2OS. The molecule has 0 saturated carbocycles. The highest BCUT2D eigenvalue weighted by molar-refractivity contribution is 7.98. The number of anilines is 1. The molecule has 106 valence electrons. The van der Waals surface area contributed by atoms with E-state index in [0.717, 1.165) is 29.8 Å². The van der Waals surface area contributed by atoms with Crippen LogP contribution in [0.15, 0.2) is 18.2 Å². The second-order valence-electron chi connectivity index (χ2n) is 4.59. The van der Waals surface area contributed by atoms with Gasteiger partial charge in [-0.3, -0.25) is 4.79 Å². The van der Waals surface area contributed by atoms with Gasteiger partial charge in [-0.05, 0) is 55.5 Å². The summed E-state index contributed by atoms with van der Waals surface area (Å²) in [5.41, 5.74) is 2.81. The van der Waals surface area contributed by atoms with Crippen LogP contribution in [0.4, 0.5) is 5.69 Å². The van der Waals surface area contributed by atoms with Crippen LogP contribution in [-0.2, 0) is 0 Å². The minimum atomic E-state index is 0.0324. The van der Waals surface area contributed by atoms with E-state index in [2.05, 4.69) is 16.9 Å². The van der Waals surface area contributed by atoms with Gasteiger partial charge in [-0.1, -0.05) is 6.42 Å². The van der Waals surface area contributed by atoms with Gasteiger partial charge in [0.25, 0.3) is 5.91 Å². The molecule has 0 radical (unpaired) electrons. The van der Waals surface area contributed by atoms with Crippen molar-refractivity contribution in [3.05, 3.63) is 29.3 Å². The fourth-order valence-electron chi connectivity index (χ4n) is 1.92. The van der Waals surface area contributed by atoms with Crippen molar-refractivity contribution in [1.29, 1.82) is 0 Å². The van der Waals surface area contributed by atoms with Gasteiger partial charge in [-0.25, -0.2) is 0 Å². The zero-order valence-corrected chi connectivity index (χ0v) is 12.9. The maximum atomic E-state index is 12.0. The van der Waals surface area contributed by atoms with Crippen LogP contribution < -0.4 is 10.6 Å². The van der Waals surface area contributed by atoms with E-state index < -0.39 is 0 Å².